The molecule has 22 heavy (non-hydrogen) atoms. The molecule has 2 N–H and O–H groups in total. The lowest BCUT2D eigenvalue weighted by atomic mass is 10.1. The maximum atomic E-state index is 8.52. The summed E-state index contributed by atoms with van der Waals surface area (Å²) in [4.78, 5) is 0. The molecule has 0 atom stereocenters. The van der Waals surface area contributed by atoms with Crippen LogP contribution in [-0.2, 0) is 0 Å². The molecule has 0 unspecified atom stereocenters. The van der Waals surface area contributed by atoms with E-state index in [1.807, 2.05) is 0 Å². The average molecular weight is 388 g/mol. The van der Waals surface area contributed by atoms with Crippen LogP contribution in [0.25, 0.3) is 0 Å². The molecule has 5 nitrogen and oxygen atoms in total. The van der Waals surface area contributed by atoms with Crippen LogP contribution in [0.3, 0.4) is 0 Å². The molecule has 0 rings (SSSR count). The highest BCUT2D eigenvalue weighted by Gasteiger charge is 2.24. The molecule has 0 bridgehead atoms. The Morgan fingerprint density at radius 3 is 0.909 bits per heavy atom. The lowest BCUT2D eigenvalue weighted by molar-refractivity contribution is -1.73. The smallest absolute Gasteiger partial charge is 0.216 e. The van der Waals surface area contributed by atoms with Crippen LogP contribution in [0.15, 0.2) is 0 Å². The van der Waals surface area contributed by atoms with Gasteiger partial charge in [0.15, 0.2) is 0 Å². The van der Waals surface area contributed by atoms with E-state index in [9.17, 15) is 0 Å². The highest BCUT2D eigenvalue weighted by atomic mass is 80.0. The van der Waals surface area contributed by atoms with Crippen molar-refractivity contribution in [1.82, 2.24) is 0 Å². The van der Waals surface area contributed by atoms with Crippen LogP contribution < -0.4 is 12.6 Å². The number of halogens is 1. The van der Waals surface area contributed by atoms with E-state index in [1.165, 1.54) is 82.0 Å². The van der Waals surface area contributed by atoms with Crippen molar-refractivity contribution in [1.29, 1.82) is 0 Å². The quantitative estimate of drug-likeness (QED) is 0.458. The van der Waals surface area contributed by atoms with Gasteiger partial charge in [-0.1, -0.05) is 53.4 Å². The molecule has 0 aliphatic rings. The second-order valence-corrected chi connectivity index (χ2v) is 6.63. The van der Waals surface area contributed by atoms with Gasteiger partial charge >= 0.3 is 0 Å². The summed E-state index contributed by atoms with van der Waals surface area (Å²) in [5, 5.41) is 0. The van der Waals surface area contributed by atoms with Crippen molar-refractivity contribution < 1.29 is 37.4 Å². The monoisotopic (exact) mass is 387 g/mol. The minimum absolute atomic E-state index is 0. The molecule has 0 heterocycles. The minimum Gasteiger partial charge on any atom is -0.412 e. The number of nitrogens with zero attached hydrogens (tertiary/aromatic N) is 1. The van der Waals surface area contributed by atoms with Crippen molar-refractivity contribution in [3.05, 3.63) is 0 Å². The van der Waals surface area contributed by atoms with Gasteiger partial charge in [-0.15, -0.1) is 0 Å². The summed E-state index contributed by atoms with van der Waals surface area (Å²) in [6.07, 6.45) is 11.1. The summed E-state index contributed by atoms with van der Waals surface area (Å²) in [6, 6.07) is 0. The van der Waals surface area contributed by atoms with Crippen LogP contribution in [0, 0.1) is 14.8 Å². The minimum atomic E-state index is -3.65. The zero-order valence-corrected chi connectivity index (χ0v) is 16.6. The van der Waals surface area contributed by atoms with E-state index >= 15 is 0 Å². The van der Waals surface area contributed by atoms with Crippen molar-refractivity contribution in [2.24, 2.45) is 0 Å². The first kappa shape index (κ1) is 27.1. The Labute approximate surface area is 143 Å². The van der Waals surface area contributed by atoms with E-state index < -0.39 is 14.8 Å². The largest absolute Gasteiger partial charge is 0.412 e. The van der Waals surface area contributed by atoms with Crippen LogP contribution in [0.1, 0.15) is 79.1 Å². The van der Waals surface area contributed by atoms with Crippen LogP contribution in [0.4, 0.5) is 0 Å². The Balaban J connectivity index is -0.000000640. The number of hydrogen-bond acceptors (Lipinski definition) is 3. The van der Waals surface area contributed by atoms with Gasteiger partial charge in [0.1, 0.15) is 0 Å². The van der Waals surface area contributed by atoms with Gasteiger partial charge in [-0.25, -0.2) is 0 Å². The molecule has 0 spiro atoms. The Bertz CT molecular complexity index is 166. The maximum absolute atomic E-state index is 8.52. The highest BCUT2D eigenvalue weighted by molar-refractivity contribution is 4.49. The first-order chi connectivity index (χ1) is 9.97. The van der Waals surface area contributed by atoms with E-state index in [2.05, 4.69) is 27.7 Å². The average Bonchev–Trinajstić information content (AvgIpc) is 2.45. The van der Waals surface area contributed by atoms with Gasteiger partial charge in [0.25, 0.3) is 0 Å². The SMILES string of the molecule is CCCC[N+](CCCC)(CCCC)CCCC.O.[O-][Br+2]([O-])[O-]. The molecule has 0 aliphatic heterocycles. The van der Waals surface area contributed by atoms with Crippen LogP contribution in [0.5, 0.6) is 0 Å². The van der Waals surface area contributed by atoms with Crippen LogP contribution in [-0.4, -0.2) is 36.1 Å². The Hall–Kier alpha value is 0.280. The van der Waals surface area contributed by atoms with Gasteiger partial charge < -0.3 is 22.6 Å². The number of quaternary nitrogens is 1. The molecule has 6 heteroatoms. The summed E-state index contributed by atoms with van der Waals surface area (Å²) in [6.45, 7) is 15.0. The Morgan fingerprint density at radius 2 is 0.773 bits per heavy atom. The fourth-order valence-corrected chi connectivity index (χ4v) is 2.64. The Morgan fingerprint density at radius 1 is 0.591 bits per heavy atom. The van der Waals surface area contributed by atoms with Crippen molar-refractivity contribution in [2.75, 3.05) is 26.2 Å². The van der Waals surface area contributed by atoms with Crippen molar-refractivity contribution in [2.45, 2.75) is 79.1 Å². The summed E-state index contributed by atoms with van der Waals surface area (Å²) in [5.74, 6) is 0. The van der Waals surface area contributed by atoms with Crippen molar-refractivity contribution in [3.8, 4) is 0 Å². The third kappa shape index (κ3) is 18.3. The van der Waals surface area contributed by atoms with Gasteiger partial charge in [-0.2, -0.15) is 0 Å². The predicted molar refractivity (Wildman–Crippen MR) is 83.0 cm³/mol. The molecule has 0 fully saturated rings. The van der Waals surface area contributed by atoms with Gasteiger partial charge in [-0.3, -0.25) is 0 Å². The molecule has 0 aromatic heterocycles. The molecule has 0 aromatic carbocycles. The van der Waals surface area contributed by atoms with Crippen molar-refractivity contribution >= 4 is 0 Å². The number of unbranched alkanes of at least 4 members (excludes halogenated alkanes) is 4. The highest BCUT2D eigenvalue weighted by Crippen LogP contribution is 2.16. The van der Waals surface area contributed by atoms with E-state index in [4.69, 9.17) is 12.6 Å². The Kier molecular flexibility index (Phi) is 23.8. The lowest BCUT2D eigenvalue weighted by Gasteiger charge is -2.39. The third-order valence-electron chi connectivity index (χ3n) is 3.94. The third-order valence-corrected chi connectivity index (χ3v) is 3.94. The normalized spacial score (nSPS) is 10.9. The zero-order valence-electron chi connectivity index (χ0n) is 15.0. The second kappa shape index (κ2) is 19.3. The molecule has 0 saturated carbocycles. The second-order valence-electron chi connectivity index (χ2n) is 5.84. The van der Waals surface area contributed by atoms with E-state index in [1.54, 1.807) is 0 Å². The summed E-state index contributed by atoms with van der Waals surface area (Å²) >= 11 is -3.65. The molecule has 0 saturated heterocycles. The first-order valence-electron chi connectivity index (χ1n) is 8.56. The topological polar surface area (TPSA) is 101 Å². The molecule has 0 aromatic rings. The summed E-state index contributed by atoms with van der Waals surface area (Å²) < 4.78 is 27.0. The lowest BCUT2D eigenvalue weighted by Crippen LogP contribution is -2.50. The first-order valence-corrected chi connectivity index (χ1v) is 10.5. The van der Waals surface area contributed by atoms with E-state index in [-0.39, 0.29) is 5.48 Å². The summed E-state index contributed by atoms with van der Waals surface area (Å²) in [7, 11) is 0. The zero-order chi connectivity index (χ0) is 16.6. The van der Waals surface area contributed by atoms with Gasteiger partial charge in [-0.05, 0) is 25.7 Å². The van der Waals surface area contributed by atoms with E-state index in [0.717, 1.165) is 0 Å². The molecule has 0 radical (unpaired) electrons. The number of hydrogen-bond donors (Lipinski definition) is 0. The summed E-state index contributed by atoms with van der Waals surface area (Å²) in [5.41, 5.74) is 0. The van der Waals surface area contributed by atoms with Gasteiger partial charge in [0.05, 0.1) is 26.2 Å². The molecule has 0 amide bonds. The number of rotatable bonds is 12. The molecular formula is C16H38BrNO4. The predicted octanol–water partition coefficient (Wildman–Crippen LogP) is 0.612. The molecular weight excluding hydrogens is 350 g/mol. The fraction of sp³-hybridized carbons (Fsp3) is 1.00. The van der Waals surface area contributed by atoms with E-state index in [0.29, 0.717) is 0 Å². The van der Waals surface area contributed by atoms with Gasteiger partial charge in [0.2, 0.25) is 14.8 Å². The van der Waals surface area contributed by atoms with Crippen molar-refractivity contribution in [3.63, 3.8) is 0 Å². The fourth-order valence-electron chi connectivity index (χ4n) is 2.64. The van der Waals surface area contributed by atoms with Crippen LogP contribution in [0.2, 0.25) is 0 Å². The maximum Gasteiger partial charge on any atom is 0.216 e. The van der Waals surface area contributed by atoms with Gasteiger partial charge in [0, 0.05) is 0 Å². The van der Waals surface area contributed by atoms with Crippen LogP contribution >= 0.6 is 0 Å². The standard InChI is InChI=1S/C16H36N.BrO3.H2O/c1-5-9-13-17(14-10-6-2,15-11-7-3)16-12-8-4;2-1(3)4;/h5-16H2,1-4H3;;1H2/q+1;-1;. The molecule has 138 valence electrons. The molecule has 0 aliphatic carbocycles.